The highest BCUT2D eigenvalue weighted by molar-refractivity contribution is 5.67. The average Bonchev–Trinajstić information content (AvgIpc) is 2.78. The van der Waals surface area contributed by atoms with Crippen molar-refractivity contribution in [2.24, 2.45) is 0 Å². The molecule has 1 aliphatic carbocycles. The minimum Gasteiger partial charge on any atom is -0.493 e. The Hall–Kier alpha value is -1.95. The third-order valence-electron chi connectivity index (χ3n) is 6.61. The lowest BCUT2D eigenvalue weighted by atomic mass is 9.86. The first-order valence-electron chi connectivity index (χ1n) is 12.1. The van der Waals surface area contributed by atoms with Crippen LogP contribution in [-0.4, -0.2) is 68.9 Å². The topological polar surface area (TPSA) is 51.2 Å². The van der Waals surface area contributed by atoms with E-state index in [1.54, 1.807) is 14.2 Å². The van der Waals surface area contributed by atoms with E-state index in [0.29, 0.717) is 12.6 Å². The zero-order valence-corrected chi connectivity index (χ0v) is 19.7. The molecule has 174 valence electrons. The number of ether oxygens (including phenoxy) is 3. The van der Waals surface area contributed by atoms with Crippen molar-refractivity contribution in [1.29, 1.82) is 0 Å². The van der Waals surface area contributed by atoms with Crippen LogP contribution in [-0.2, 0) is 17.6 Å². The lowest BCUT2D eigenvalue weighted by molar-refractivity contribution is 0.0901. The van der Waals surface area contributed by atoms with Crippen LogP contribution in [0.4, 0.5) is 4.79 Å². The van der Waals surface area contributed by atoms with Crippen molar-refractivity contribution in [1.82, 2.24) is 9.80 Å². The predicted molar refractivity (Wildman–Crippen MR) is 123 cm³/mol. The molecule has 0 spiro atoms. The predicted octanol–water partition coefficient (Wildman–Crippen LogP) is 4.68. The van der Waals surface area contributed by atoms with E-state index in [1.807, 2.05) is 4.90 Å². The van der Waals surface area contributed by atoms with Crippen molar-refractivity contribution >= 4 is 6.09 Å². The van der Waals surface area contributed by atoms with Gasteiger partial charge >= 0.3 is 6.09 Å². The zero-order chi connectivity index (χ0) is 22.1. The molecule has 1 aliphatic heterocycles. The minimum absolute atomic E-state index is 0.127. The van der Waals surface area contributed by atoms with Gasteiger partial charge in [0.15, 0.2) is 11.5 Å². The lowest BCUT2D eigenvalue weighted by Gasteiger charge is -2.35. The number of nitrogens with zero attached hydrogens (tertiary/aromatic N) is 2. The van der Waals surface area contributed by atoms with Crippen LogP contribution in [0.2, 0.25) is 0 Å². The summed E-state index contributed by atoms with van der Waals surface area (Å²) >= 11 is 0. The number of hydrogen-bond donors (Lipinski definition) is 0. The maximum absolute atomic E-state index is 12.1. The van der Waals surface area contributed by atoms with E-state index in [4.69, 9.17) is 14.2 Å². The molecule has 1 fully saturated rings. The van der Waals surface area contributed by atoms with Crippen LogP contribution >= 0.6 is 0 Å². The number of aryl methyl sites for hydroxylation is 1. The van der Waals surface area contributed by atoms with Gasteiger partial charge in [0, 0.05) is 19.1 Å². The Morgan fingerprint density at radius 3 is 2.58 bits per heavy atom. The molecule has 0 aromatic heterocycles. The van der Waals surface area contributed by atoms with Gasteiger partial charge in [-0.2, -0.15) is 0 Å². The first-order valence-corrected chi connectivity index (χ1v) is 12.1. The molecule has 1 saturated heterocycles. The van der Waals surface area contributed by atoms with Crippen molar-refractivity contribution in [3.8, 4) is 11.5 Å². The summed E-state index contributed by atoms with van der Waals surface area (Å²) in [5.41, 5.74) is 2.78. The first kappa shape index (κ1) is 23.7. The molecule has 1 atom stereocenters. The summed E-state index contributed by atoms with van der Waals surface area (Å²) in [7, 11) is 3.40. The van der Waals surface area contributed by atoms with Gasteiger partial charge in [-0.05, 0) is 94.1 Å². The summed E-state index contributed by atoms with van der Waals surface area (Å²) in [6.45, 7) is 6.68. The molecule has 3 rings (SSSR count). The quantitative estimate of drug-likeness (QED) is 0.503. The number of hydrogen-bond acceptors (Lipinski definition) is 5. The third-order valence-corrected chi connectivity index (χ3v) is 6.61. The number of rotatable bonds is 10. The van der Waals surface area contributed by atoms with Crippen LogP contribution in [0.1, 0.15) is 63.0 Å². The Balaban J connectivity index is 1.53. The van der Waals surface area contributed by atoms with Crippen LogP contribution < -0.4 is 9.47 Å². The Labute approximate surface area is 187 Å². The number of carbonyl (C=O) groups is 1. The van der Waals surface area contributed by atoms with Crippen molar-refractivity contribution in [3.63, 3.8) is 0 Å². The molecule has 1 heterocycles. The summed E-state index contributed by atoms with van der Waals surface area (Å²) in [5, 5.41) is 0. The zero-order valence-electron chi connectivity index (χ0n) is 19.7. The van der Waals surface area contributed by atoms with Crippen LogP contribution in [0.25, 0.3) is 0 Å². The lowest BCUT2D eigenvalue weighted by Crippen LogP contribution is -2.41. The van der Waals surface area contributed by atoms with E-state index in [9.17, 15) is 4.79 Å². The molecule has 31 heavy (non-hydrogen) atoms. The van der Waals surface area contributed by atoms with Crippen LogP contribution in [0.5, 0.6) is 11.5 Å². The maximum atomic E-state index is 12.1. The summed E-state index contributed by atoms with van der Waals surface area (Å²) in [4.78, 5) is 16.7. The van der Waals surface area contributed by atoms with E-state index >= 15 is 0 Å². The third kappa shape index (κ3) is 6.52. The number of fused-ring (bicyclic) bond motifs is 1. The van der Waals surface area contributed by atoms with E-state index in [0.717, 1.165) is 89.0 Å². The molecule has 0 N–H and O–H groups in total. The monoisotopic (exact) mass is 432 g/mol. The SMILES string of the molecule is CCCN(CCCCN1CCCCCOC1=O)C1CCc2cc(OC)c(OC)cc2C1. The van der Waals surface area contributed by atoms with Gasteiger partial charge in [0.2, 0.25) is 0 Å². The Morgan fingerprint density at radius 1 is 1.06 bits per heavy atom. The highest BCUT2D eigenvalue weighted by Crippen LogP contribution is 2.35. The van der Waals surface area contributed by atoms with Gasteiger partial charge in [0.05, 0.1) is 20.8 Å². The number of carbonyl (C=O) groups excluding carboxylic acids is 1. The normalized spacial score (nSPS) is 19.4. The molecule has 1 unspecified atom stereocenters. The van der Waals surface area contributed by atoms with Gasteiger partial charge in [-0.1, -0.05) is 6.92 Å². The molecule has 6 nitrogen and oxygen atoms in total. The average molecular weight is 433 g/mol. The second-order valence-electron chi connectivity index (χ2n) is 8.78. The molecular formula is C25H40N2O4. The number of unbranched alkanes of at least 4 members (excludes halogenated alkanes) is 1. The van der Waals surface area contributed by atoms with Gasteiger partial charge < -0.3 is 24.0 Å². The van der Waals surface area contributed by atoms with Gasteiger partial charge in [0.25, 0.3) is 0 Å². The first-order chi connectivity index (χ1) is 15.2. The maximum Gasteiger partial charge on any atom is 0.409 e. The second kappa shape index (κ2) is 12.2. The standard InChI is InChI=1S/C25H40N2O4/c1-4-12-26(13-7-8-15-27-14-6-5-9-16-31-25(27)28)22-11-10-20-18-23(29-2)24(30-3)19-21(20)17-22/h18-19,22H,4-17H2,1-3H3. The molecule has 1 aromatic carbocycles. The molecule has 6 heteroatoms. The summed E-state index contributed by atoms with van der Waals surface area (Å²) in [5.74, 6) is 1.65. The van der Waals surface area contributed by atoms with Crippen LogP contribution in [0.15, 0.2) is 12.1 Å². The summed E-state index contributed by atoms with van der Waals surface area (Å²) in [6.07, 6.45) is 9.74. The smallest absolute Gasteiger partial charge is 0.409 e. The van der Waals surface area contributed by atoms with Crippen LogP contribution in [0.3, 0.4) is 0 Å². The molecular weight excluding hydrogens is 392 g/mol. The van der Waals surface area contributed by atoms with Gasteiger partial charge in [-0.3, -0.25) is 0 Å². The van der Waals surface area contributed by atoms with E-state index in [-0.39, 0.29) is 6.09 Å². The molecule has 1 amide bonds. The minimum atomic E-state index is -0.127. The highest BCUT2D eigenvalue weighted by Gasteiger charge is 2.25. The van der Waals surface area contributed by atoms with Crippen molar-refractivity contribution in [2.75, 3.05) is 47.0 Å². The van der Waals surface area contributed by atoms with Gasteiger partial charge in [-0.15, -0.1) is 0 Å². The molecule has 0 bridgehead atoms. The van der Waals surface area contributed by atoms with Crippen molar-refractivity contribution in [3.05, 3.63) is 23.3 Å². The fourth-order valence-corrected chi connectivity index (χ4v) is 4.88. The van der Waals surface area contributed by atoms with Gasteiger partial charge in [-0.25, -0.2) is 4.79 Å². The van der Waals surface area contributed by atoms with E-state index in [2.05, 4.69) is 24.0 Å². The summed E-state index contributed by atoms with van der Waals surface area (Å²) in [6, 6.07) is 4.88. The van der Waals surface area contributed by atoms with E-state index < -0.39 is 0 Å². The molecule has 0 saturated carbocycles. The Kier molecular flexibility index (Phi) is 9.31. The largest absolute Gasteiger partial charge is 0.493 e. The molecule has 1 aromatic rings. The number of methoxy groups -OCH3 is 2. The van der Waals surface area contributed by atoms with Crippen LogP contribution in [0, 0.1) is 0 Å². The van der Waals surface area contributed by atoms with E-state index in [1.165, 1.54) is 17.5 Å². The second-order valence-corrected chi connectivity index (χ2v) is 8.78. The highest BCUT2D eigenvalue weighted by atomic mass is 16.6. The van der Waals surface area contributed by atoms with Crippen molar-refractivity contribution in [2.45, 2.75) is 70.8 Å². The Morgan fingerprint density at radius 2 is 1.84 bits per heavy atom. The number of benzene rings is 1. The number of amides is 1. The fourth-order valence-electron chi connectivity index (χ4n) is 4.88. The fraction of sp³-hybridized carbons (Fsp3) is 0.720. The molecule has 0 radical (unpaired) electrons. The van der Waals surface area contributed by atoms with Crippen molar-refractivity contribution < 1.29 is 19.0 Å². The molecule has 2 aliphatic rings. The Bertz CT molecular complexity index is 709. The summed E-state index contributed by atoms with van der Waals surface area (Å²) < 4.78 is 16.3. The van der Waals surface area contributed by atoms with Gasteiger partial charge in [0.1, 0.15) is 0 Å². The number of cyclic esters (lactones) is 1.